The molecular formula is C20H22ClN3O6S2. The molecule has 0 saturated heterocycles. The molecule has 2 aromatic rings. The fourth-order valence-electron chi connectivity index (χ4n) is 2.53. The van der Waals surface area contributed by atoms with Crippen molar-refractivity contribution in [3.63, 3.8) is 0 Å². The van der Waals surface area contributed by atoms with Crippen LogP contribution in [0.2, 0.25) is 5.02 Å². The molecule has 0 saturated carbocycles. The molecule has 0 fully saturated rings. The molecule has 172 valence electrons. The first kappa shape index (κ1) is 25.7. The van der Waals surface area contributed by atoms with Gasteiger partial charge >= 0.3 is 5.97 Å². The predicted octanol–water partition coefficient (Wildman–Crippen LogP) is 2.02. The van der Waals surface area contributed by atoms with Crippen molar-refractivity contribution in [2.75, 3.05) is 23.9 Å². The summed E-state index contributed by atoms with van der Waals surface area (Å²) in [5.41, 5.74) is 0.515. The minimum Gasteiger partial charge on any atom is -0.454 e. The van der Waals surface area contributed by atoms with Gasteiger partial charge in [0.1, 0.15) is 6.04 Å². The lowest BCUT2D eigenvalue weighted by atomic mass is 10.1. The number of hydrogen-bond acceptors (Lipinski definition) is 7. The summed E-state index contributed by atoms with van der Waals surface area (Å²) in [4.78, 5) is 36.9. The SMILES string of the molecule is CSCCC(NC(=O)c1ccccc1Cl)C(=O)OCC(=O)Nc1ccc(S(N)(=O)=O)cc1. The number of benzene rings is 2. The maximum absolute atomic E-state index is 12.5. The number of carbonyl (C=O) groups is 3. The number of carbonyl (C=O) groups excluding carboxylic acids is 3. The van der Waals surface area contributed by atoms with Crippen LogP contribution < -0.4 is 15.8 Å². The number of halogens is 1. The lowest BCUT2D eigenvalue weighted by Crippen LogP contribution is -2.43. The molecule has 4 N–H and O–H groups in total. The monoisotopic (exact) mass is 499 g/mol. The third-order valence-electron chi connectivity index (χ3n) is 4.13. The van der Waals surface area contributed by atoms with Gasteiger partial charge < -0.3 is 15.4 Å². The molecule has 0 aliphatic rings. The van der Waals surface area contributed by atoms with Crippen molar-refractivity contribution in [3.8, 4) is 0 Å². The Hall–Kier alpha value is -2.60. The van der Waals surface area contributed by atoms with Crippen LogP contribution in [0.4, 0.5) is 5.69 Å². The molecule has 2 amide bonds. The Balaban J connectivity index is 1.95. The van der Waals surface area contributed by atoms with Gasteiger partial charge in [-0.3, -0.25) is 9.59 Å². The summed E-state index contributed by atoms with van der Waals surface area (Å²) in [6.07, 6.45) is 2.15. The number of nitrogens with one attached hydrogen (secondary N) is 2. The van der Waals surface area contributed by atoms with Crippen molar-refractivity contribution in [2.24, 2.45) is 5.14 Å². The largest absolute Gasteiger partial charge is 0.454 e. The first-order valence-electron chi connectivity index (χ1n) is 9.25. The van der Waals surface area contributed by atoms with Crippen LogP contribution in [-0.4, -0.2) is 50.9 Å². The van der Waals surface area contributed by atoms with Crippen LogP contribution in [0.1, 0.15) is 16.8 Å². The molecule has 2 rings (SSSR count). The molecule has 0 heterocycles. The Morgan fingerprint density at radius 1 is 1.12 bits per heavy atom. The molecule has 0 bridgehead atoms. The van der Waals surface area contributed by atoms with Crippen molar-refractivity contribution < 1.29 is 27.5 Å². The Morgan fingerprint density at radius 3 is 2.38 bits per heavy atom. The van der Waals surface area contributed by atoms with Gasteiger partial charge in [-0.15, -0.1) is 0 Å². The van der Waals surface area contributed by atoms with E-state index in [1.807, 2.05) is 6.26 Å². The fraction of sp³-hybridized carbons (Fsp3) is 0.250. The second-order valence-electron chi connectivity index (χ2n) is 6.51. The lowest BCUT2D eigenvalue weighted by molar-refractivity contribution is -0.149. The summed E-state index contributed by atoms with van der Waals surface area (Å²) in [7, 11) is -3.85. The fourth-order valence-corrected chi connectivity index (χ4v) is 3.74. The van der Waals surface area contributed by atoms with Crippen molar-refractivity contribution >= 4 is 56.9 Å². The minimum absolute atomic E-state index is 0.104. The number of hydrogen-bond donors (Lipinski definition) is 3. The number of esters is 1. The maximum Gasteiger partial charge on any atom is 0.329 e. The molecule has 1 atom stereocenters. The molecule has 1 unspecified atom stereocenters. The number of nitrogens with two attached hydrogens (primary N) is 1. The lowest BCUT2D eigenvalue weighted by Gasteiger charge is -2.17. The van der Waals surface area contributed by atoms with Crippen LogP contribution in [0.15, 0.2) is 53.4 Å². The van der Waals surface area contributed by atoms with Crippen molar-refractivity contribution in [2.45, 2.75) is 17.4 Å². The number of rotatable bonds is 10. The zero-order valence-corrected chi connectivity index (χ0v) is 19.4. The van der Waals surface area contributed by atoms with E-state index in [-0.39, 0.29) is 15.5 Å². The van der Waals surface area contributed by atoms with Crippen molar-refractivity contribution in [1.82, 2.24) is 5.32 Å². The van der Waals surface area contributed by atoms with Gasteiger partial charge in [-0.25, -0.2) is 18.4 Å². The third-order valence-corrected chi connectivity index (χ3v) is 6.03. The van der Waals surface area contributed by atoms with Crippen LogP contribution in [-0.2, 0) is 24.3 Å². The normalized spacial score (nSPS) is 12.0. The van der Waals surface area contributed by atoms with Crippen LogP contribution in [0.5, 0.6) is 0 Å². The van der Waals surface area contributed by atoms with Crippen LogP contribution in [0.25, 0.3) is 0 Å². The quantitative estimate of drug-likeness (QED) is 0.424. The van der Waals surface area contributed by atoms with Crippen LogP contribution in [0.3, 0.4) is 0 Å². The van der Waals surface area contributed by atoms with Crippen LogP contribution in [0, 0.1) is 0 Å². The second kappa shape index (κ2) is 11.9. The summed E-state index contributed by atoms with van der Waals surface area (Å²) < 4.78 is 27.6. The molecule has 0 aromatic heterocycles. The van der Waals surface area contributed by atoms with Gasteiger partial charge in [-0.1, -0.05) is 23.7 Å². The van der Waals surface area contributed by atoms with Crippen molar-refractivity contribution in [3.05, 3.63) is 59.1 Å². The minimum atomic E-state index is -3.85. The van der Waals surface area contributed by atoms with E-state index >= 15 is 0 Å². The molecule has 2 aromatic carbocycles. The van der Waals surface area contributed by atoms with E-state index in [0.29, 0.717) is 17.9 Å². The highest BCUT2D eigenvalue weighted by atomic mass is 35.5. The highest BCUT2D eigenvalue weighted by Gasteiger charge is 2.24. The average Bonchev–Trinajstić information content (AvgIpc) is 2.74. The molecule has 0 radical (unpaired) electrons. The first-order valence-corrected chi connectivity index (χ1v) is 12.6. The van der Waals surface area contributed by atoms with Gasteiger partial charge in [-0.2, -0.15) is 11.8 Å². The van der Waals surface area contributed by atoms with Gasteiger partial charge in [-0.05, 0) is 54.8 Å². The van der Waals surface area contributed by atoms with Gasteiger partial charge in [0.15, 0.2) is 6.61 Å². The molecule has 0 aliphatic heterocycles. The standard InChI is InChI=1S/C20H22ClN3O6S2/c1-31-11-10-17(24-19(26)15-4-2-3-5-16(15)21)20(27)30-12-18(25)23-13-6-8-14(9-7-13)32(22,28)29/h2-9,17H,10-12H2,1H3,(H,23,25)(H,24,26)(H2,22,28,29). The van der Waals surface area contributed by atoms with Gasteiger partial charge in [0.05, 0.1) is 15.5 Å². The molecular weight excluding hydrogens is 478 g/mol. The van der Waals surface area contributed by atoms with Crippen molar-refractivity contribution in [1.29, 1.82) is 0 Å². The summed E-state index contributed by atoms with van der Waals surface area (Å²) in [6, 6.07) is 10.6. The summed E-state index contributed by atoms with van der Waals surface area (Å²) >= 11 is 7.51. The topological polar surface area (TPSA) is 145 Å². The Bertz CT molecular complexity index is 1080. The third kappa shape index (κ3) is 7.83. The van der Waals surface area contributed by atoms with E-state index in [1.54, 1.807) is 18.2 Å². The highest BCUT2D eigenvalue weighted by Crippen LogP contribution is 2.16. The number of primary sulfonamides is 1. The van der Waals surface area contributed by atoms with E-state index < -0.39 is 40.5 Å². The summed E-state index contributed by atoms with van der Waals surface area (Å²) in [5, 5.41) is 10.3. The molecule has 0 aliphatic carbocycles. The number of thioether (sulfide) groups is 1. The summed E-state index contributed by atoms with van der Waals surface area (Å²) in [6.45, 7) is -0.590. The number of sulfonamides is 1. The number of ether oxygens (including phenoxy) is 1. The van der Waals surface area contributed by atoms with Gasteiger partial charge in [0, 0.05) is 5.69 Å². The van der Waals surface area contributed by atoms with E-state index in [9.17, 15) is 22.8 Å². The molecule has 0 spiro atoms. The zero-order chi connectivity index (χ0) is 23.7. The van der Waals surface area contributed by atoms with Crippen LogP contribution >= 0.6 is 23.4 Å². The highest BCUT2D eigenvalue weighted by molar-refractivity contribution is 7.98. The Morgan fingerprint density at radius 2 is 1.78 bits per heavy atom. The summed E-state index contributed by atoms with van der Waals surface area (Å²) in [5.74, 6) is -1.36. The molecule has 32 heavy (non-hydrogen) atoms. The molecule has 12 heteroatoms. The Kier molecular flexibility index (Phi) is 9.51. The number of anilines is 1. The Labute approximate surface area is 195 Å². The van der Waals surface area contributed by atoms with E-state index in [1.165, 1.54) is 42.1 Å². The number of amides is 2. The zero-order valence-electron chi connectivity index (χ0n) is 17.0. The van der Waals surface area contributed by atoms with Gasteiger partial charge in [0.2, 0.25) is 10.0 Å². The predicted molar refractivity (Wildman–Crippen MR) is 123 cm³/mol. The second-order valence-corrected chi connectivity index (χ2v) is 9.47. The van der Waals surface area contributed by atoms with Gasteiger partial charge in [0.25, 0.3) is 11.8 Å². The van der Waals surface area contributed by atoms with E-state index in [4.69, 9.17) is 21.5 Å². The smallest absolute Gasteiger partial charge is 0.329 e. The maximum atomic E-state index is 12.5. The average molecular weight is 500 g/mol. The first-order chi connectivity index (χ1) is 15.1. The molecule has 9 nitrogen and oxygen atoms in total. The van der Waals surface area contributed by atoms with E-state index in [0.717, 1.165) is 0 Å². The van der Waals surface area contributed by atoms with E-state index in [2.05, 4.69) is 10.6 Å².